The molecule has 132 valence electrons. The lowest BCUT2D eigenvalue weighted by Gasteiger charge is -2.48. The summed E-state index contributed by atoms with van der Waals surface area (Å²) in [5.41, 5.74) is -0.0318. The minimum Gasteiger partial charge on any atom is -0.477 e. The molecule has 24 heavy (non-hydrogen) atoms. The standard InChI is InChI=1S/C18H26N2O4/c1-14-5-8-19(16(21)15(14)17(22)23)13-18(6-3-2-4-7-18)20-9-11-24-12-10-20/h5,8H,2-4,6-7,9-13H2,1H3,(H,22,23). The van der Waals surface area contributed by atoms with Crippen molar-refractivity contribution in [1.82, 2.24) is 9.47 Å². The summed E-state index contributed by atoms with van der Waals surface area (Å²) in [7, 11) is 0. The highest BCUT2D eigenvalue weighted by atomic mass is 16.5. The molecule has 1 saturated carbocycles. The van der Waals surface area contributed by atoms with E-state index in [9.17, 15) is 14.7 Å². The van der Waals surface area contributed by atoms with Gasteiger partial charge in [-0.1, -0.05) is 19.3 Å². The monoisotopic (exact) mass is 334 g/mol. The van der Waals surface area contributed by atoms with Crippen LogP contribution >= 0.6 is 0 Å². The number of rotatable bonds is 4. The van der Waals surface area contributed by atoms with Crippen LogP contribution in [0.4, 0.5) is 0 Å². The summed E-state index contributed by atoms with van der Waals surface area (Å²) >= 11 is 0. The summed E-state index contributed by atoms with van der Waals surface area (Å²) < 4.78 is 7.10. The second kappa shape index (κ2) is 7.07. The maximum atomic E-state index is 12.7. The molecule has 0 unspecified atom stereocenters. The number of hydrogen-bond acceptors (Lipinski definition) is 4. The van der Waals surface area contributed by atoms with Crippen LogP contribution in [0.1, 0.15) is 48.0 Å². The van der Waals surface area contributed by atoms with Crippen molar-refractivity contribution in [3.05, 3.63) is 33.7 Å². The molecule has 2 heterocycles. The van der Waals surface area contributed by atoms with Crippen LogP contribution in [0, 0.1) is 6.92 Å². The van der Waals surface area contributed by atoms with Crippen molar-refractivity contribution < 1.29 is 14.6 Å². The Morgan fingerprint density at radius 3 is 2.54 bits per heavy atom. The molecule has 1 aliphatic heterocycles. The summed E-state index contributed by atoms with van der Waals surface area (Å²) in [5, 5.41) is 9.35. The second-order valence-electron chi connectivity index (χ2n) is 7.00. The lowest BCUT2D eigenvalue weighted by atomic mass is 9.79. The number of hydrogen-bond donors (Lipinski definition) is 1. The average molecular weight is 334 g/mol. The smallest absolute Gasteiger partial charge is 0.341 e. The van der Waals surface area contributed by atoms with Gasteiger partial charge in [0.1, 0.15) is 5.56 Å². The molecule has 1 aromatic rings. The molecule has 0 amide bonds. The van der Waals surface area contributed by atoms with Crippen LogP contribution in [-0.4, -0.2) is 52.4 Å². The van der Waals surface area contributed by atoms with Gasteiger partial charge in [0.25, 0.3) is 5.56 Å². The number of pyridine rings is 1. The Bertz CT molecular complexity index is 655. The maximum Gasteiger partial charge on any atom is 0.341 e. The zero-order chi connectivity index (χ0) is 17.2. The minimum atomic E-state index is -1.14. The van der Waals surface area contributed by atoms with Crippen LogP contribution in [0.5, 0.6) is 0 Å². The molecule has 0 bridgehead atoms. The van der Waals surface area contributed by atoms with Gasteiger partial charge in [0, 0.05) is 31.4 Å². The van der Waals surface area contributed by atoms with E-state index < -0.39 is 5.97 Å². The van der Waals surface area contributed by atoms with Crippen molar-refractivity contribution >= 4 is 5.97 Å². The first-order valence-electron chi connectivity index (χ1n) is 8.80. The molecule has 0 radical (unpaired) electrons. The van der Waals surface area contributed by atoms with Gasteiger partial charge in [-0.25, -0.2) is 4.79 Å². The molecule has 6 nitrogen and oxygen atoms in total. The summed E-state index contributed by atoms with van der Waals surface area (Å²) in [4.78, 5) is 26.6. The van der Waals surface area contributed by atoms with Gasteiger partial charge >= 0.3 is 5.97 Å². The Morgan fingerprint density at radius 1 is 1.25 bits per heavy atom. The predicted octanol–water partition coefficient (Wildman–Crippen LogP) is 1.89. The Hall–Kier alpha value is -1.66. The first-order valence-corrected chi connectivity index (χ1v) is 8.80. The highest BCUT2D eigenvalue weighted by Gasteiger charge is 2.39. The van der Waals surface area contributed by atoms with E-state index in [1.807, 2.05) is 0 Å². The summed E-state index contributed by atoms with van der Waals surface area (Å²) in [6.45, 7) is 5.45. The number of carbonyl (C=O) groups is 1. The lowest BCUT2D eigenvalue weighted by Crippen LogP contribution is -2.57. The zero-order valence-electron chi connectivity index (χ0n) is 14.3. The van der Waals surface area contributed by atoms with Crippen LogP contribution < -0.4 is 5.56 Å². The highest BCUT2D eigenvalue weighted by Crippen LogP contribution is 2.35. The summed E-state index contributed by atoms with van der Waals surface area (Å²) in [6, 6.07) is 1.74. The normalized spacial score (nSPS) is 21.5. The van der Waals surface area contributed by atoms with Crippen LogP contribution in [0.3, 0.4) is 0 Å². The van der Waals surface area contributed by atoms with Gasteiger partial charge in [0.15, 0.2) is 0 Å². The Morgan fingerprint density at radius 2 is 1.92 bits per heavy atom. The largest absolute Gasteiger partial charge is 0.477 e. The van der Waals surface area contributed by atoms with Crippen molar-refractivity contribution in [3.8, 4) is 0 Å². The number of aromatic nitrogens is 1. The van der Waals surface area contributed by atoms with Gasteiger partial charge in [-0.3, -0.25) is 9.69 Å². The van der Waals surface area contributed by atoms with E-state index in [0.717, 1.165) is 52.0 Å². The third kappa shape index (κ3) is 3.26. The number of carboxylic acid groups (broad SMARTS) is 1. The van der Waals surface area contributed by atoms with Crippen LogP contribution in [0.25, 0.3) is 0 Å². The first kappa shape index (κ1) is 17.2. The number of carboxylic acids is 1. The summed E-state index contributed by atoms with van der Waals surface area (Å²) in [5.74, 6) is -1.14. The third-order valence-corrected chi connectivity index (χ3v) is 5.52. The molecule has 1 aliphatic carbocycles. The molecule has 1 saturated heterocycles. The van der Waals surface area contributed by atoms with Crippen molar-refractivity contribution in [2.24, 2.45) is 0 Å². The van der Waals surface area contributed by atoms with Gasteiger partial charge in [0.2, 0.25) is 0 Å². The van der Waals surface area contributed by atoms with Gasteiger partial charge in [-0.2, -0.15) is 0 Å². The fourth-order valence-corrected chi connectivity index (χ4v) is 4.19. The molecule has 0 aromatic carbocycles. The molecule has 1 aromatic heterocycles. The molecule has 2 aliphatic rings. The number of aryl methyl sites for hydroxylation is 1. The highest BCUT2D eigenvalue weighted by molar-refractivity contribution is 5.88. The van der Waals surface area contributed by atoms with Crippen LogP contribution in [0.2, 0.25) is 0 Å². The van der Waals surface area contributed by atoms with E-state index in [1.165, 1.54) is 6.42 Å². The van der Waals surface area contributed by atoms with Gasteiger partial charge in [0.05, 0.1) is 13.2 Å². The Labute approximate surface area is 142 Å². The predicted molar refractivity (Wildman–Crippen MR) is 90.6 cm³/mol. The van der Waals surface area contributed by atoms with E-state index >= 15 is 0 Å². The Kier molecular flexibility index (Phi) is 5.06. The Balaban J connectivity index is 1.95. The average Bonchev–Trinajstić information content (AvgIpc) is 2.59. The quantitative estimate of drug-likeness (QED) is 0.910. The van der Waals surface area contributed by atoms with Gasteiger partial charge in [-0.05, 0) is 31.4 Å². The fraction of sp³-hybridized carbons (Fsp3) is 0.667. The van der Waals surface area contributed by atoms with E-state index in [1.54, 1.807) is 23.8 Å². The van der Waals surface area contributed by atoms with Crippen molar-refractivity contribution in [1.29, 1.82) is 0 Å². The maximum absolute atomic E-state index is 12.7. The molecular weight excluding hydrogens is 308 g/mol. The first-order chi connectivity index (χ1) is 11.5. The minimum absolute atomic E-state index is 0.0586. The van der Waals surface area contributed by atoms with E-state index in [4.69, 9.17) is 4.74 Å². The molecule has 2 fully saturated rings. The molecule has 3 rings (SSSR count). The molecular formula is C18H26N2O4. The second-order valence-corrected chi connectivity index (χ2v) is 7.00. The van der Waals surface area contributed by atoms with Crippen LogP contribution in [0.15, 0.2) is 17.1 Å². The number of morpholine rings is 1. The van der Waals surface area contributed by atoms with Gasteiger partial charge in [-0.15, -0.1) is 0 Å². The molecule has 6 heteroatoms. The molecule has 1 N–H and O–H groups in total. The summed E-state index contributed by atoms with van der Waals surface area (Å²) in [6.07, 6.45) is 7.40. The number of nitrogens with zero attached hydrogens (tertiary/aromatic N) is 2. The van der Waals surface area contributed by atoms with Crippen LogP contribution in [-0.2, 0) is 11.3 Å². The van der Waals surface area contributed by atoms with Crippen molar-refractivity contribution in [2.45, 2.75) is 51.1 Å². The fourth-order valence-electron chi connectivity index (χ4n) is 4.19. The van der Waals surface area contributed by atoms with E-state index in [0.29, 0.717) is 12.1 Å². The number of aromatic carboxylic acids is 1. The lowest BCUT2D eigenvalue weighted by molar-refractivity contribution is -0.0450. The molecule has 0 spiro atoms. The van der Waals surface area contributed by atoms with Crippen molar-refractivity contribution in [2.75, 3.05) is 26.3 Å². The van der Waals surface area contributed by atoms with E-state index in [-0.39, 0.29) is 16.7 Å². The van der Waals surface area contributed by atoms with Gasteiger partial charge < -0.3 is 14.4 Å². The third-order valence-electron chi connectivity index (χ3n) is 5.52. The zero-order valence-corrected chi connectivity index (χ0v) is 14.3. The number of ether oxygens (including phenoxy) is 1. The van der Waals surface area contributed by atoms with E-state index in [2.05, 4.69) is 4.90 Å². The van der Waals surface area contributed by atoms with Crippen molar-refractivity contribution in [3.63, 3.8) is 0 Å². The molecule has 0 atom stereocenters. The topological polar surface area (TPSA) is 71.8 Å². The SMILES string of the molecule is Cc1ccn(CC2(N3CCOCC3)CCCCC2)c(=O)c1C(=O)O.